The van der Waals surface area contributed by atoms with Crippen molar-refractivity contribution in [2.45, 2.75) is 47.0 Å². The van der Waals surface area contributed by atoms with E-state index in [2.05, 4.69) is 32.6 Å². The van der Waals surface area contributed by atoms with Crippen LogP contribution in [0.5, 0.6) is 0 Å². The highest BCUT2D eigenvalue weighted by Crippen LogP contribution is 2.21. The van der Waals surface area contributed by atoms with Crippen molar-refractivity contribution in [2.75, 3.05) is 19.6 Å². The molecule has 0 aliphatic carbocycles. The Balaban J connectivity index is 2.16. The zero-order chi connectivity index (χ0) is 9.90. The smallest absolute Gasteiger partial charge is 0.00137 e. The molecule has 1 aliphatic heterocycles. The molecule has 0 spiro atoms. The van der Waals surface area contributed by atoms with Gasteiger partial charge < -0.3 is 4.90 Å². The van der Waals surface area contributed by atoms with Crippen LogP contribution in [-0.4, -0.2) is 24.5 Å². The van der Waals surface area contributed by atoms with Crippen molar-refractivity contribution in [1.29, 1.82) is 0 Å². The minimum Gasteiger partial charge on any atom is -0.303 e. The molecule has 1 rings (SSSR count). The van der Waals surface area contributed by atoms with Crippen molar-refractivity contribution < 1.29 is 0 Å². The fraction of sp³-hybridized carbons (Fsp3) is 1.00. The highest BCUT2D eigenvalue weighted by atomic mass is 15.1. The van der Waals surface area contributed by atoms with Gasteiger partial charge in [0.15, 0.2) is 0 Å². The van der Waals surface area contributed by atoms with E-state index in [-0.39, 0.29) is 0 Å². The number of nitrogens with zero attached hydrogens (tertiary/aromatic N) is 1. The lowest BCUT2D eigenvalue weighted by molar-refractivity contribution is 0.170. The summed E-state index contributed by atoms with van der Waals surface area (Å²) in [5.41, 5.74) is 0.503. The summed E-state index contributed by atoms with van der Waals surface area (Å²) in [6.45, 7) is 13.3. The van der Waals surface area contributed by atoms with E-state index < -0.39 is 0 Å². The van der Waals surface area contributed by atoms with Crippen LogP contribution in [0.2, 0.25) is 0 Å². The first-order valence-corrected chi connectivity index (χ1v) is 5.70. The molecule has 0 N–H and O–H groups in total. The molecule has 0 saturated carbocycles. The highest BCUT2D eigenvalue weighted by Gasteiger charge is 2.17. The summed E-state index contributed by atoms with van der Waals surface area (Å²) in [7, 11) is 0. The Hall–Kier alpha value is -0.0400. The third kappa shape index (κ3) is 4.66. The predicted octanol–water partition coefficient (Wildman–Crippen LogP) is 3.15. The fourth-order valence-corrected chi connectivity index (χ4v) is 1.78. The van der Waals surface area contributed by atoms with Gasteiger partial charge in [-0.05, 0) is 50.2 Å². The lowest BCUT2D eigenvalue weighted by Crippen LogP contribution is -2.35. The Kier molecular flexibility index (Phi) is 3.78. The third-order valence-corrected chi connectivity index (χ3v) is 3.05. The molecule has 1 saturated heterocycles. The Bertz CT molecular complexity index is 138. The molecule has 0 bridgehead atoms. The van der Waals surface area contributed by atoms with E-state index in [9.17, 15) is 0 Å². The van der Waals surface area contributed by atoms with Crippen LogP contribution in [0.4, 0.5) is 0 Å². The summed E-state index contributed by atoms with van der Waals surface area (Å²) < 4.78 is 0. The molecule has 0 aromatic heterocycles. The van der Waals surface area contributed by atoms with Crippen LogP contribution in [0.15, 0.2) is 0 Å². The van der Waals surface area contributed by atoms with Crippen LogP contribution >= 0.6 is 0 Å². The lowest BCUT2D eigenvalue weighted by Gasteiger charge is -2.32. The van der Waals surface area contributed by atoms with Gasteiger partial charge in [0.25, 0.3) is 0 Å². The monoisotopic (exact) mass is 183 g/mol. The molecule has 1 heterocycles. The van der Waals surface area contributed by atoms with Crippen LogP contribution in [0.3, 0.4) is 0 Å². The van der Waals surface area contributed by atoms with Crippen molar-refractivity contribution in [3.8, 4) is 0 Å². The second-order valence-electron chi connectivity index (χ2n) is 5.83. The van der Waals surface area contributed by atoms with Gasteiger partial charge in [0.2, 0.25) is 0 Å². The minimum absolute atomic E-state index is 0.503. The Labute approximate surface area is 83.5 Å². The van der Waals surface area contributed by atoms with E-state index in [1.54, 1.807) is 0 Å². The maximum Gasteiger partial charge on any atom is -0.00137 e. The minimum atomic E-state index is 0.503. The van der Waals surface area contributed by atoms with Crippen LogP contribution in [0, 0.1) is 11.3 Å². The van der Waals surface area contributed by atoms with Crippen molar-refractivity contribution in [2.24, 2.45) is 11.3 Å². The first kappa shape index (κ1) is 11.0. The van der Waals surface area contributed by atoms with Gasteiger partial charge >= 0.3 is 0 Å². The molecular weight excluding hydrogens is 158 g/mol. The molecule has 13 heavy (non-hydrogen) atoms. The average Bonchev–Trinajstić information content (AvgIpc) is 2.02. The number of hydrogen-bond acceptors (Lipinski definition) is 1. The summed E-state index contributed by atoms with van der Waals surface area (Å²) in [6.07, 6.45) is 4.15. The second kappa shape index (κ2) is 4.45. The normalized spacial score (nSPS) is 22.2. The average molecular weight is 183 g/mol. The molecule has 1 heteroatoms. The quantitative estimate of drug-likeness (QED) is 0.635. The molecule has 1 nitrogen and oxygen atoms in total. The van der Waals surface area contributed by atoms with Gasteiger partial charge in [-0.25, -0.2) is 0 Å². The van der Waals surface area contributed by atoms with E-state index in [4.69, 9.17) is 0 Å². The van der Waals surface area contributed by atoms with Crippen molar-refractivity contribution in [3.05, 3.63) is 0 Å². The van der Waals surface area contributed by atoms with Crippen molar-refractivity contribution in [3.63, 3.8) is 0 Å². The fourth-order valence-electron chi connectivity index (χ4n) is 1.78. The van der Waals surface area contributed by atoms with Crippen LogP contribution < -0.4 is 0 Å². The molecule has 0 aromatic carbocycles. The molecule has 1 fully saturated rings. The largest absolute Gasteiger partial charge is 0.303 e. The SMILES string of the molecule is CC1CCN(CCC(C)(C)C)CC1. The van der Waals surface area contributed by atoms with Gasteiger partial charge in [0.05, 0.1) is 0 Å². The summed E-state index contributed by atoms with van der Waals surface area (Å²) in [5, 5.41) is 0. The van der Waals surface area contributed by atoms with Gasteiger partial charge in [0, 0.05) is 0 Å². The molecule has 0 unspecified atom stereocenters. The second-order valence-corrected chi connectivity index (χ2v) is 5.83. The maximum absolute atomic E-state index is 2.63. The van der Waals surface area contributed by atoms with Gasteiger partial charge in [0.1, 0.15) is 0 Å². The number of likely N-dealkylation sites (tertiary alicyclic amines) is 1. The standard InChI is InChI=1S/C12H25N/c1-11-5-8-13(9-6-11)10-7-12(2,3)4/h11H,5-10H2,1-4H3. The highest BCUT2D eigenvalue weighted by molar-refractivity contribution is 4.71. The number of rotatable bonds is 2. The van der Waals surface area contributed by atoms with Gasteiger partial charge in [-0.1, -0.05) is 27.7 Å². The topological polar surface area (TPSA) is 3.24 Å². The maximum atomic E-state index is 2.63. The zero-order valence-corrected chi connectivity index (χ0v) is 9.77. The van der Waals surface area contributed by atoms with E-state index >= 15 is 0 Å². The van der Waals surface area contributed by atoms with Gasteiger partial charge in [-0.15, -0.1) is 0 Å². The first-order valence-electron chi connectivity index (χ1n) is 5.70. The molecule has 0 atom stereocenters. The molecule has 78 valence electrons. The van der Waals surface area contributed by atoms with Crippen molar-refractivity contribution in [1.82, 2.24) is 4.90 Å². The lowest BCUT2D eigenvalue weighted by atomic mass is 9.91. The molecule has 0 amide bonds. The van der Waals surface area contributed by atoms with E-state index in [1.807, 2.05) is 0 Å². The van der Waals surface area contributed by atoms with E-state index in [1.165, 1.54) is 38.9 Å². The van der Waals surface area contributed by atoms with Crippen LogP contribution in [0.1, 0.15) is 47.0 Å². The summed E-state index contributed by atoms with van der Waals surface area (Å²) in [4.78, 5) is 2.63. The van der Waals surface area contributed by atoms with E-state index in [0.717, 1.165) is 5.92 Å². The third-order valence-electron chi connectivity index (χ3n) is 3.05. The Morgan fingerprint density at radius 2 is 1.69 bits per heavy atom. The molecular formula is C12H25N. The first-order chi connectivity index (χ1) is 5.97. The van der Waals surface area contributed by atoms with Crippen LogP contribution in [0.25, 0.3) is 0 Å². The summed E-state index contributed by atoms with van der Waals surface area (Å²) >= 11 is 0. The van der Waals surface area contributed by atoms with Crippen LogP contribution in [-0.2, 0) is 0 Å². The Morgan fingerprint density at radius 3 is 2.15 bits per heavy atom. The summed E-state index contributed by atoms with van der Waals surface area (Å²) in [6, 6.07) is 0. The number of hydrogen-bond donors (Lipinski definition) is 0. The molecule has 1 aliphatic rings. The number of piperidine rings is 1. The predicted molar refractivity (Wildman–Crippen MR) is 58.9 cm³/mol. The Morgan fingerprint density at radius 1 is 1.15 bits per heavy atom. The zero-order valence-electron chi connectivity index (χ0n) is 9.77. The van der Waals surface area contributed by atoms with E-state index in [0.29, 0.717) is 5.41 Å². The van der Waals surface area contributed by atoms with Gasteiger partial charge in [-0.2, -0.15) is 0 Å². The molecule has 0 radical (unpaired) electrons. The summed E-state index contributed by atoms with van der Waals surface area (Å²) in [5.74, 6) is 0.964. The van der Waals surface area contributed by atoms with Crippen molar-refractivity contribution >= 4 is 0 Å². The molecule has 0 aromatic rings. The van der Waals surface area contributed by atoms with Gasteiger partial charge in [-0.3, -0.25) is 0 Å².